The first-order valence-electron chi connectivity index (χ1n) is 7.11. The minimum Gasteiger partial charge on any atom is -0.481 e. The van der Waals surface area contributed by atoms with Crippen molar-refractivity contribution in [1.82, 2.24) is 4.90 Å². The van der Waals surface area contributed by atoms with Crippen LogP contribution in [-0.2, 0) is 14.3 Å². The van der Waals surface area contributed by atoms with Gasteiger partial charge in [0, 0.05) is 26.1 Å². The molecule has 0 aromatic rings. The molecule has 120 valence electrons. The Bertz CT molecular complexity index is 260. The van der Waals surface area contributed by atoms with Gasteiger partial charge in [0.2, 0.25) is 0 Å². The van der Waals surface area contributed by atoms with Crippen molar-refractivity contribution in [1.29, 1.82) is 0 Å². The molecule has 6 nitrogen and oxygen atoms in total. The molecule has 0 aliphatic heterocycles. The van der Waals surface area contributed by atoms with Gasteiger partial charge in [0.25, 0.3) is 0 Å². The van der Waals surface area contributed by atoms with E-state index in [0.29, 0.717) is 26.1 Å². The number of aliphatic carboxylic acids is 1. The molecule has 0 aliphatic rings. The fourth-order valence-corrected chi connectivity index (χ4v) is 1.88. The molecule has 2 unspecified atom stereocenters. The molecule has 20 heavy (non-hydrogen) atoms. The summed E-state index contributed by atoms with van der Waals surface area (Å²) in [4.78, 5) is 12.6. The van der Waals surface area contributed by atoms with Gasteiger partial charge >= 0.3 is 5.97 Å². The lowest BCUT2D eigenvalue weighted by Crippen LogP contribution is -2.40. The number of methoxy groups -OCH3 is 1. The zero-order valence-corrected chi connectivity index (χ0v) is 13.0. The van der Waals surface area contributed by atoms with Gasteiger partial charge in [-0.3, -0.25) is 9.69 Å². The molecular formula is C14H29NO5. The van der Waals surface area contributed by atoms with Crippen molar-refractivity contribution in [3.8, 4) is 0 Å². The Balaban J connectivity index is 4.00. The van der Waals surface area contributed by atoms with Crippen LogP contribution in [0.15, 0.2) is 0 Å². The predicted molar refractivity (Wildman–Crippen MR) is 76.9 cm³/mol. The summed E-state index contributed by atoms with van der Waals surface area (Å²) < 4.78 is 10.4. The third-order valence-electron chi connectivity index (χ3n) is 2.99. The number of ether oxygens (including phenoxy) is 2. The van der Waals surface area contributed by atoms with E-state index in [9.17, 15) is 9.90 Å². The van der Waals surface area contributed by atoms with Crippen LogP contribution in [0.4, 0.5) is 0 Å². The molecule has 0 saturated heterocycles. The van der Waals surface area contributed by atoms with Crippen molar-refractivity contribution in [2.45, 2.75) is 51.9 Å². The lowest BCUT2D eigenvalue weighted by atomic mass is 10.2. The van der Waals surface area contributed by atoms with Crippen molar-refractivity contribution in [3.63, 3.8) is 0 Å². The van der Waals surface area contributed by atoms with Crippen LogP contribution in [0.2, 0.25) is 0 Å². The van der Waals surface area contributed by atoms with Crippen LogP contribution in [0.5, 0.6) is 0 Å². The topological polar surface area (TPSA) is 79.2 Å². The summed E-state index contributed by atoms with van der Waals surface area (Å²) in [5.41, 5.74) is 0. The highest BCUT2D eigenvalue weighted by Crippen LogP contribution is 2.05. The molecule has 0 aromatic carbocycles. The van der Waals surface area contributed by atoms with E-state index in [1.807, 2.05) is 20.8 Å². The Kier molecular flexibility index (Phi) is 10.6. The zero-order valence-electron chi connectivity index (χ0n) is 13.0. The maximum absolute atomic E-state index is 10.5. The van der Waals surface area contributed by atoms with Crippen LogP contribution in [-0.4, -0.2) is 72.7 Å². The monoisotopic (exact) mass is 291 g/mol. The van der Waals surface area contributed by atoms with Gasteiger partial charge in [0.15, 0.2) is 0 Å². The van der Waals surface area contributed by atoms with Gasteiger partial charge in [-0.05, 0) is 33.7 Å². The van der Waals surface area contributed by atoms with Gasteiger partial charge in [-0.15, -0.1) is 0 Å². The summed E-state index contributed by atoms with van der Waals surface area (Å²) in [6.07, 6.45) is 0.109. The number of rotatable bonds is 12. The smallest absolute Gasteiger partial charge is 0.303 e. The van der Waals surface area contributed by atoms with Crippen LogP contribution in [0.25, 0.3) is 0 Å². The largest absolute Gasteiger partial charge is 0.481 e. The first kappa shape index (κ1) is 19.3. The van der Waals surface area contributed by atoms with Crippen molar-refractivity contribution < 1.29 is 24.5 Å². The fourth-order valence-electron chi connectivity index (χ4n) is 1.88. The maximum Gasteiger partial charge on any atom is 0.303 e. The number of hydrogen-bond donors (Lipinski definition) is 2. The number of hydrogen-bond acceptors (Lipinski definition) is 5. The number of carboxylic acid groups (broad SMARTS) is 1. The third kappa shape index (κ3) is 10.1. The van der Waals surface area contributed by atoms with Gasteiger partial charge in [0.1, 0.15) is 0 Å². The minimum absolute atomic E-state index is 0.0471. The lowest BCUT2D eigenvalue weighted by molar-refractivity contribution is -0.137. The standard InChI is InChI=1S/C14H29NO5/c1-11(2)15(7-5-6-14(17)18)8-13(16)10-20-12(3)9-19-4/h11-13,16H,5-10H2,1-4H3,(H,17,18). The summed E-state index contributed by atoms with van der Waals surface area (Å²) in [5, 5.41) is 18.6. The molecule has 0 aromatic heterocycles. The van der Waals surface area contributed by atoms with Gasteiger partial charge in [0.05, 0.1) is 25.4 Å². The highest BCUT2D eigenvalue weighted by atomic mass is 16.5. The van der Waals surface area contributed by atoms with Crippen LogP contribution < -0.4 is 0 Å². The van der Waals surface area contributed by atoms with Crippen LogP contribution >= 0.6 is 0 Å². The predicted octanol–water partition coefficient (Wildman–Crippen LogP) is 0.974. The van der Waals surface area contributed by atoms with E-state index in [4.69, 9.17) is 14.6 Å². The van der Waals surface area contributed by atoms with E-state index < -0.39 is 12.1 Å². The second-order valence-electron chi connectivity index (χ2n) is 5.34. The zero-order chi connectivity index (χ0) is 15.5. The minimum atomic E-state index is -0.786. The molecular weight excluding hydrogens is 262 g/mol. The summed E-state index contributed by atoms with van der Waals surface area (Å²) in [6.45, 7) is 7.85. The van der Waals surface area contributed by atoms with Crippen molar-refractivity contribution in [2.75, 3.05) is 33.4 Å². The van der Waals surface area contributed by atoms with Gasteiger partial charge in [-0.2, -0.15) is 0 Å². The van der Waals surface area contributed by atoms with E-state index in [2.05, 4.69) is 4.90 Å². The van der Waals surface area contributed by atoms with Gasteiger partial charge < -0.3 is 19.7 Å². The van der Waals surface area contributed by atoms with E-state index >= 15 is 0 Å². The van der Waals surface area contributed by atoms with E-state index in [1.54, 1.807) is 7.11 Å². The Morgan fingerprint density at radius 1 is 1.25 bits per heavy atom. The number of aliphatic hydroxyl groups excluding tert-OH is 1. The lowest BCUT2D eigenvalue weighted by Gasteiger charge is -2.29. The molecule has 2 atom stereocenters. The molecule has 0 heterocycles. The Hall–Kier alpha value is -0.690. The van der Waals surface area contributed by atoms with Crippen LogP contribution in [0.1, 0.15) is 33.6 Å². The molecule has 6 heteroatoms. The van der Waals surface area contributed by atoms with Crippen molar-refractivity contribution >= 4 is 5.97 Å². The molecule has 0 rings (SSSR count). The number of aliphatic hydroxyl groups is 1. The molecule has 0 amide bonds. The molecule has 0 fully saturated rings. The number of nitrogens with zero attached hydrogens (tertiary/aromatic N) is 1. The summed E-state index contributed by atoms with van der Waals surface area (Å²) in [5.74, 6) is -0.786. The summed E-state index contributed by atoms with van der Waals surface area (Å²) >= 11 is 0. The Morgan fingerprint density at radius 2 is 1.90 bits per heavy atom. The average Bonchev–Trinajstić information content (AvgIpc) is 2.35. The maximum atomic E-state index is 10.5. The van der Waals surface area contributed by atoms with Gasteiger partial charge in [-0.25, -0.2) is 0 Å². The third-order valence-corrected chi connectivity index (χ3v) is 2.99. The molecule has 0 spiro atoms. The van der Waals surface area contributed by atoms with E-state index in [0.717, 1.165) is 0 Å². The van der Waals surface area contributed by atoms with Gasteiger partial charge in [-0.1, -0.05) is 0 Å². The van der Waals surface area contributed by atoms with Crippen LogP contribution in [0.3, 0.4) is 0 Å². The molecule has 0 radical (unpaired) electrons. The highest BCUT2D eigenvalue weighted by Gasteiger charge is 2.16. The second-order valence-corrected chi connectivity index (χ2v) is 5.34. The first-order chi connectivity index (χ1) is 9.36. The van der Waals surface area contributed by atoms with Crippen molar-refractivity contribution in [2.24, 2.45) is 0 Å². The molecule has 0 bridgehead atoms. The Morgan fingerprint density at radius 3 is 2.40 bits per heavy atom. The number of carbonyl (C=O) groups is 1. The highest BCUT2D eigenvalue weighted by molar-refractivity contribution is 5.66. The SMILES string of the molecule is COCC(C)OCC(O)CN(CCCC(=O)O)C(C)C. The average molecular weight is 291 g/mol. The molecule has 2 N–H and O–H groups in total. The quantitative estimate of drug-likeness (QED) is 0.558. The number of carboxylic acids is 1. The Labute approximate surface area is 121 Å². The van der Waals surface area contributed by atoms with Crippen LogP contribution in [0, 0.1) is 0 Å². The van der Waals surface area contributed by atoms with E-state index in [1.165, 1.54) is 0 Å². The second kappa shape index (κ2) is 11.0. The molecule has 0 aliphatic carbocycles. The fraction of sp³-hybridized carbons (Fsp3) is 0.929. The molecule has 0 saturated carbocycles. The normalized spacial score (nSPS) is 14.8. The first-order valence-corrected chi connectivity index (χ1v) is 7.11. The summed E-state index contributed by atoms with van der Waals surface area (Å²) in [7, 11) is 1.61. The summed E-state index contributed by atoms with van der Waals surface area (Å²) in [6, 6.07) is 0.259. The van der Waals surface area contributed by atoms with E-state index in [-0.39, 0.29) is 25.2 Å². The van der Waals surface area contributed by atoms with Crippen molar-refractivity contribution in [3.05, 3.63) is 0 Å².